The van der Waals surface area contributed by atoms with Crippen LogP contribution in [0.5, 0.6) is 0 Å². The number of nitrogens with zero attached hydrogens (tertiary/aromatic N) is 2. The van der Waals surface area contributed by atoms with Gasteiger partial charge in [-0.05, 0) is 27.1 Å². The highest BCUT2D eigenvalue weighted by atomic mass is 16.7. The van der Waals surface area contributed by atoms with E-state index in [9.17, 15) is 9.59 Å². The van der Waals surface area contributed by atoms with Gasteiger partial charge in [-0.15, -0.1) is 0 Å². The minimum Gasteiger partial charge on any atom is -0.348 e. The molecule has 0 atom stereocenters. The fourth-order valence-corrected chi connectivity index (χ4v) is 2.65. The lowest BCUT2D eigenvalue weighted by molar-refractivity contribution is -0.188. The zero-order chi connectivity index (χ0) is 15.3. The first-order valence-corrected chi connectivity index (χ1v) is 7.52. The molecule has 21 heavy (non-hydrogen) atoms. The molecule has 1 N–H and O–H groups in total. The molecule has 2 aliphatic rings. The summed E-state index contributed by atoms with van der Waals surface area (Å²) in [5.41, 5.74) is 0. The first-order chi connectivity index (χ1) is 10.0. The van der Waals surface area contributed by atoms with Crippen molar-refractivity contribution in [2.45, 2.75) is 25.0 Å². The van der Waals surface area contributed by atoms with Crippen LogP contribution in [0, 0.1) is 0 Å². The fraction of sp³-hybridized carbons (Fsp3) is 0.857. The number of carbonyl (C=O) groups excluding carboxylic acids is 2. The molecule has 0 aliphatic carbocycles. The minimum absolute atomic E-state index is 0.451. The summed E-state index contributed by atoms with van der Waals surface area (Å²) >= 11 is 0. The van der Waals surface area contributed by atoms with E-state index < -0.39 is 17.6 Å². The highest BCUT2D eigenvalue weighted by Gasteiger charge is 2.41. The average Bonchev–Trinajstić information content (AvgIpc) is 2.91. The summed E-state index contributed by atoms with van der Waals surface area (Å²) in [6.07, 6.45) is 2.09. The summed E-state index contributed by atoms with van der Waals surface area (Å²) in [6.45, 7) is 3.64. The largest absolute Gasteiger partial charge is 0.348 e. The summed E-state index contributed by atoms with van der Waals surface area (Å²) in [5, 5.41) is 2.68. The monoisotopic (exact) mass is 299 g/mol. The van der Waals surface area contributed by atoms with Crippen molar-refractivity contribution in [1.82, 2.24) is 15.1 Å². The fourth-order valence-electron chi connectivity index (χ4n) is 2.65. The van der Waals surface area contributed by atoms with Crippen molar-refractivity contribution < 1.29 is 19.1 Å². The highest BCUT2D eigenvalue weighted by molar-refractivity contribution is 6.35. The van der Waals surface area contributed by atoms with Gasteiger partial charge < -0.3 is 24.6 Å². The van der Waals surface area contributed by atoms with E-state index in [1.54, 1.807) is 4.90 Å². The highest BCUT2D eigenvalue weighted by Crippen LogP contribution is 2.31. The molecule has 0 radical (unpaired) electrons. The Bertz CT molecular complexity index is 370. The smallest absolute Gasteiger partial charge is 0.311 e. The van der Waals surface area contributed by atoms with Crippen molar-refractivity contribution in [3.63, 3.8) is 0 Å². The van der Waals surface area contributed by atoms with Gasteiger partial charge >= 0.3 is 11.8 Å². The van der Waals surface area contributed by atoms with Crippen LogP contribution in [0.1, 0.15) is 19.3 Å². The summed E-state index contributed by atoms with van der Waals surface area (Å²) in [4.78, 5) is 27.5. The Balaban J connectivity index is 1.70. The standard InChI is InChI=1S/C14H25N3O4/c1-16(2)7-3-6-15-12(18)13(19)17-8-4-14(5-9-17)20-10-11-21-14/h3-11H2,1-2H3,(H,15,18). The molecule has 7 nitrogen and oxygen atoms in total. The third-order valence-electron chi connectivity index (χ3n) is 3.89. The zero-order valence-corrected chi connectivity index (χ0v) is 12.9. The molecular formula is C14H25N3O4. The second-order valence-corrected chi connectivity index (χ2v) is 5.81. The maximum absolute atomic E-state index is 12.1. The third kappa shape index (κ3) is 4.39. The van der Waals surface area contributed by atoms with Gasteiger partial charge in [0, 0.05) is 32.5 Å². The van der Waals surface area contributed by atoms with Gasteiger partial charge in [0.25, 0.3) is 0 Å². The number of rotatable bonds is 4. The average molecular weight is 299 g/mol. The normalized spacial score (nSPS) is 21.0. The molecule has 1 spiro atoms. The number of hydrogen-bond acceptors (Lipinski definition) is 5. The van der Waals surface area contributed by atoms with Crippen LogP contribution in [-0.4, -0.2) is 80.9 Å². The molecule has 0 bridgehead atoms. The Labute approximate surface area is 125 Å². The number of amides is 2. The molecule has 120 valence electrons. The molecule has 2 rings (SSSR count). The number of likely N-dealkylation sites (tertiary alicyclic amines) is 1. The lowest BCUT2D eigenvalue weighted by Crippen LogP contribution is -2.51. The van der Waals surface area contributed by atoms with Crippen LogP contribution >= 0.6 is 0 Å². The number of nitrogens with one attached hydrogen (secondary N) is 1. The van der Waals surface area contributed by atoms with Gasteiger partial charge in [0.1, 0.15) is 0 Å². The zero-order valence-electron chi connectivity index (χ0n) is 12.9. The van der Waals surface area contributed by atoms with Gasteiger partial charge in [-0.2, -0.15) is 0 Å². The van der Waals surface area contributed by atoms with Crippen LogP contribution in [0.25, 0.3) is 0 Å². The molecule has 0 aromatic rings. The van der Waals surface area contributed by atoms with Gasteiger partial charge in [0.2, 0.25) is 0 Å². The molecule has 0 saturated carbocycles. The van der Waals surface area contributed by atoms with Crippen LogP contribution in [0.15, 0.2) is 0 Å². The lowest BCUT2D eigenvalue weighted by Gasteiger charge is -2.37. The van der Waals surface area contributed by atoms with Crippen LogP contribution < -0.4 is 5.32 Å². The molecule has 2 heterocycles. The van der Waals surface area contributed by atoms with E-state index in [0.717, 1.165) is 13.0 Å². The maximum Gasteiger partial charge on any atom is 0.311 e. The van der Waals surface area contributed by atoms with Crippen molar-refractivity contribution >= 4 is 11.8 Å². The Hall–Kier alpha value is -1.18. The predicted octanol–water partition coefficient (Wildman–Crippen LogP) is -0.580. The van der Waals surface area contributed by atoms with E-state index >= 15 is 0 Å². The number of ether oxygens (including phenoxy) is 2. The van der Waals surface area contributed by atoms with Crippen LogP contribution in [0.4, 0.5) is 0 Å². The van der Waals surface area contributed by atoms with Crippen LogP contribution in [0.2, 0.25) is 0 Å². The van der Waals surface area contributed by atoms with E-state index in [0.29, 0.717) is 45.7 Å². The van der Waals surface area contributed by atoms with Crippen molar-refractivity contribution in [3.05, 3.63) is 0 Å². The van der Waals surface area contributed by atoms with Crippen molar-refractivity contribution in [2.24, 2.45) is 0 Å². The number of piperidine rings is 1. The quantitative estimate of drug-likeness (QED) is 0.555. The van der Waals surface area contributed by atoms with Gasteiger partial charge in [-0.1, -0.05) is 0 Å². The molecule has 0 unspecified atom stereocenters. The van der Waals surface area contributed by atoms with E-state index in [-0.39, 0.29) is 0 Å². The van der Waals surface area contributed by atoms with Gasteiger partial charge in [-0.25, -0.2) is 0 Å². The van der Waals surface area contributed by atoms with Crippen molar-refractivity contribution in [2.75, 3.05) is 53.5 Å². The predicted molar refractivity (Wildman–Crippen MR) is 76.6 cm³/mol. The summed E-state index contributed by atoms with van der Waals surface area (Å²) in [5.74, 6) is -1.48. The number of carbonyl (C=O) groups is 2. The number of hydrogen-bond donors (Lipinski definition) is 1. The molecule has 2 fully saturated rings. The Morgan fingerprint density at radius 3 is 2.38 bits per heavy atom. The molecule has 2 amide bonds. The molecule has 2 saturated heterocycles. The molecule has 0 aromatic carbocycles. The minimum atomic E-state index is -0.516. The first kappa shape index (κ1) is 16.2. The molecule has 0 aromatic heterocycles. The van der Waals surface area contributed by atoms with Gasteiger partial charge in [0.15, 0.2) is 5.79 Å². The molecule has 2 aliphatic heterocycles. The lowest BCUT2D eigenvalue weighted by atomic mass is 10.0. The topological polar surface area (TPSA) is 71.1 Å². The van der Waals surface area contributed by atoms with Crippen LogP contribution in [-0.2, 0) is 19.1 Å². The van der Waals surface area contributed by atoms with Gasteiger partial charge in [0.05, 0.1) is 13.2 Å². The van der Waals surface area contributed by atoms with Gasteiger partial charge in [-0.3, -0.25) is 9.59 Å². The maximum atomic E-state index is 12.1. The SMILES string of the molecule is CN(C)CCCNC(=O)C(=O)N1CCC2(CC1)OCCO2. The first-order valence-electron chi connectivity index (χ1n) is 7.52. The Morgan fingerprint density at radius 1 is 1.19 bits per heavy atom. The van der Waals surface area contributed by atoms with Crippen LogP contribution in [0.3, 0.4) is 0 Å². The Kier molecular flexibility index (Phi) is 5.55. The van der Waals surface area contributed by atoms with E-state index in [4.69, 9.17) is 9.47 Å². The van der Waals surface area contributed by atoms with Crippen molar-refractivity contribution in [3.8, 4) is 0 Å². The molecule has 7 heteroatoms. The van der Waals surface area contributed by atoms with Crippen molar-refractivity contribution in [1.29, 1.82) is 0 Å². The Morgan fingerprint density at radius 2 is 1.81 bits per heavy atom. The second kappa shape index (κ2) is 7.20. The summed E-state index contributed by atoms with van der Waals surface area (Å²) in [6, 6.07) is 0. The van der Waals surface area contributed by atoms with E-state index in [1.165, 1.54) is 0 Å². The summed E-state index contributed by atoms with van der Waals surface area (Å²) in [7, 11) is 3.95. The molecular weight excluding hydrogens is 274 g/mol. The third-order valence-corrected chi connectivity index (χ3v) is 3.89. The van der Waals surface area contributed by atoms with E-state index in [2.05, 4.69) is 5.32 Å². The summed E-state index contributed by atoms with van der Waals surface area (Å²) < 4.78 is 11.2. The second-order valence-electron chi connectivity index (χ2n) is 5.81. The van der Waals surface area contributed by atoms with E-state index in [1.807, 2.05) is 19.0 Å².